The van der Waals surface area contributed by atoms with Crippen LogP contribution in [0.1, 0.15) is 18.9 Å². The molecule has 0 aliphatic carbocycles. The third-order valence-corrected chi connectivity index (χ3v) is 4.44. The number of ether oxygens (including phenoxy) is 1. The molecule has 1 aromatic carbocycles. The number of hydrazone groups is 1. The summed E-state index contributed by atoms with van der Waals surface area (Å²) in [5, 5.41) is 5.85. The molecule has 0 bridgehead atoms. The van der Waals surface area contributed by atoms with Crippen molar-refractivity contribution in [3.63, 3.8) is 0 Å². The van der Waals surface area contributed by atoms with Gasteiger partial charge in [-0.15, -0.1) is 0 Å². The number of carbonyl (C=O) groups excluding carboxylic acids is 1. The Morgan fingerprint density at radius 2 is 1.95 bits per heavy atom. The van der Waals surface area contributed by atoms with Gasteiger partial charge in [0.1, 0.15) is 6.10 Å². The molecule has 1 aliphatic heterocycles. The molecule has 6 nitrogen and oxygen atoms in total. The normalized spacial score (nSPS) is 22.8. The minimum absolute atomic E-state index is 0.260. The number of aldehydes is 1. The smallest absolute Gasteiger partial charge is 0.201 e. The van der Waals surface area contributed by atoms with Gasteiger partial charge in [0.2, 0.25) is 6.23 Å². The maximum Gasteiger partial charge on any atom is 0.201 e. The molecule has 0 N–H and O–H groups in total. The van der Waals surface area contributed by atoms with Crippen LogP contribution in [-0.2, 0) is 19.4 Å². The van der Waals surface area contributed by atoms with Crippen molar-refractivity contribution in [2.24, 2.45) is 5.10 Å². The van der Waals surface area contributed by atoms with E-state index in [9.17, 15) is 13.2 Å². The molecule has 0 aromatic heterocycles. The van der Waals surface area contributed by atoms with E-state index in [4.69, 9.17) is 4.74 Å². The second-order valence-corrected chi connectivity index (χ2v) is 6.93. The number of nitrogens with zero attached hydrogens (tertiary/aromatic N) is 2. The zero-order valence-corrected chi connectivity index (χ0v) is 13.0. The highest BCUT2D eigenvalue weighted by Gasteiger charge is 2.29. The van der Waals surface area contributed by atoms with Crippen molar-refractivity contribution in [2.75, 3.05) is 13.3 Å². The molecule has 1 heterocycles. The van der Waals surface area contributed by atoms with E-state index in [1.807, 2.05) is 6.92 Å². The predicted octanol–water partition coefficient (Wildman–Crippen LogP) is 1.06. The van der Waals surface area contributed by atoms with Gasteiger partial charge in [-0.25, -0.2) is 8.42 Å². The van der Waals surface area contributed by atoms with E-state index in [1.54, 1.807) is 31.3 Å². The summed E-state index contributed by atoms with van der Waals surface area (Å²) in [4.78, 5) is 11.2. The zero-order valence-electron chi connectivity index (χ0n) is 12.2. The Morgan fingerprint density at radius 3 is 2.43 bits per heavy atom. The number of likely N-dealkylation sites (N-methyl/N-ethyl adjacent to an activating group) is 1. The zero-order chi connectivity index (χ0) is 15.6. The maximum absolute atomic E-state index is 11.5. The Balaban J connectivity index is 2.37. The van der Waals surface area contributed by atoms with Gasteiger partial charge in [0.25, 0.3) is 0 Å². The summed E-state index contributed by atoms with van der Waals surface area (Å²) in [5.74, 6) is 0. The SMILES string of the molecule is CCC1OC(C=O)N(C)N=C1c1ccc(S(C)(=O)=O)cc1. The lowest BCUT2D eigenvalue weighted by Crippen LogP contribution is -2.44. The van der Waals surface area contributed by atoms with Crippen LogP contribution in [0, 0.1) is 0 Å². The highest BCUT2D eigenvalue weighted by atomic mass is 32.2. The Hall–Kier alpha value is -1.73. The molecule has 114 valence electrons. The fourth-order valence-corrected chi connectivity index (χ4v) is 2.77. The largest absolute Gasteiger partial charge is 0.340 e. The van der Waals surface area contributed by atoms with Crippen LogP contribution in [0.3, 0.4) is 0 Å². The first kappa shape index (κ1) is 15.7. The van der Waals surface area contributed by atoms with Crippen LogP contribution in [-0.4, -0.2) is 51.1 Å². The van der Waals surface area contributed by atoms with Gasteiger partial charge in [-0.2, -0.15) is 5.10 Å². The fraction of sp³-hybridized carbons (Fsp3) is 0.429. The molecule has 0 spiro atoms. The molecule has 0 amide bonds. The molecule has 2 unspecified atom stereocenters. The number of hydrogen-bond donors (Lipinski definition) is 0. The molecule has 7 heteroatoms. The summed E-state index contributed by atoms with van der Waals surface area (Å²) in [5.41, 5.74) is 1.48. The van der Waals surface area contributed by atoms with Gasteiger partial charge in [-0.05, 0) is 18.6 Å². The van der Waals surface area contributed by atoms with Crippen molar-refractivity contribution in [3.8, 4) is 0 Å². The molecule has 21 heavy (non-hydrogen) atoms. The average molecular weight is 310 g/mol. The van der Waals surface area contributed by atoms with Crippen LogP contribution in [0.5, 0.6) is 0 Å². The van der Waals surface area contributed by atoms with Crippen LogP contribution in [0.2, 0.25) is 0 Å². The highest BCUT2D eigenvalue weighted by Crippen LogP contribution is 2.20. The predicted molar refractivity (Wildman–Crippen MR) is 78.9 cm³/mol. The van der Waals surface area contributed by atoms with E-state index in [2.05, 4.69) is 5.10 Å². The third-order valence-electron chi connectivity index (χ3n) is 3.31. The van der Waals surface area contributed by atoms with Crippen molar-refractivity contribution in [2.45, 2.75) is 30.6 Å². The monoisotopic (exact) mass is 310 g/mol. The van der Waals surface area contributed by atoms with Gasteiger partial charge in [-0.1, -0.05) is 19.1 Å². The first-order chi connectivity index (χ1) is 9.86. The lowest BCUT2D eigenvalue weighted by molar-refractivity contribution is -0.135. The minimum atomic E-state index is -3.22. The van der Waals surface area contributed by atoms with Crippen LogP contribution in [0.4, 0.5) is 0 Å². The van der Waals surface area contributed by atoms with E-state index in [-0.39, 0.29) is 11.0 Å². The number of sulfone groups is 1. The summed E-state index contributed by atoms with van der Waals surface area (Å²) in [6, 6.07) is 6.50. The Kier molecular flexibility index (Phi) is 4.43. The second kappa shape index (κ2) is 5.95. The van der Waals surface area contributed by atoms with Crippen LogP contribution >= 0.6 is 0 Å². The molecule has 0 fully saturated rings. The quantitative estimate of drug-likeness (QED) is 0.777. The maximum atomic E-state index is 11.5. The molecular formula is C14H18N2O4S. The highest BCUT2D eigenvalue weighted by molar-refractivity contribution is 7.90. The van der Waals surface area contributed by atoms with Gasteiger partial charge in [0.05, 0.1) is 10.6 Å². The van der Waals surface area contributed by atoms with Gasteiger partial charge in [0, 0.05) is 18.9 Å². The van der Waals surface area contributed by atoms with Crippen molar-refractivity contribution < 1.29 is 17.9 Å². The molecule has 1 aliphatic rings. The molecule has 0 saturated carbocycles. The van der Waals surface area contributed by atoms with Crippen molar-refractivity contribution in [3.05, 3.63) is 29.8 Å². The molecule has 1 aromatic rings. The van der Waals surface area contributed by atoms with Crippen LogP contribution < -0.4 is 0 Å². The van der Waals surface area contributed by atoms with Crippen molar-refractivity contribution >= 4 is 21.8 Å². The molecule has 2 atom stereocenters. The van der Waals surface area contributed by atoms with Crippen molar-refractivity contribution in [1.82, 2.24) is 5.01 Å². The topological polar surface area (TPSA) is 76.0 Å². The number of benzene rings is 1. The molecule has 0 saturated heterocycles. The van der Waals surface area contributed by atoms with E-state index < -0.39 is 16.1 Å². The summed E-state index contributed by atoms with van der Waals surface area (Å²) < 4.78 is 28.6. The van der Waals surface area contributed by atoms with Crippen LogP contribution in [0.25, 0.3) is 0 Å². The summed E-state index contributed by atoms with van der Waals surface area (Å²) >= 11 is 0. The summed E-state index contributed by atoms with van der Waals surface area (Å²) in [7, 11) is -1.56. The first-order valence-electron chi connectivity index (χ1n) is 6.59. The van der Waals surface area contributed by atoms with Gasteiger partial charge in [-0.3, -0.25) is 9.80 Å². The molecule has 0 radical (unpaired) electrons. The lowest BCUT2D eigenvalue weighted by Gasteiger charge is -2.33. The number of hydrogen-bond acceptors (Lipinski definition) is 6. The van der Waals surface area contributed by atoms with E-state index >= 15 is 0 Å². The second-order valence-electron chi connectivity index (χ2n) is 4.92. The van der Waals surface area contributed by atoms with Gasteiger partial charge < -0.3 is 4.74 Å². The Morgan fingerprint density at radius 1 is 1.33 bits per heavy atom. The van der Waals surface area contributed by atoms with E-state index in [1.165, 1.54) is 11.3 Å². The minimum Gasteiger partial charge on any atom is -0.340 e. The van der Waals surface area contributed by atoms with E-state index in [0.717, 1.165) is 5.56 Å². The van der Waals surface area contributed by atoms with Gasteiger partial charge >= 0.3 is 0 Å². The average Bonchev–Trinajstić information content (AvgIpc) is 2.46. The van der Waals surface area contributed by atoms with Crippen LogP contribution in [0.15, 0.2) is 34.3 Å². The number of rotatable bonds is 4. The summed E-state index contributed by atoms with van der Waals surface area (Å²) in [6.07, 6.45) is 1.57. The lowest BCUT2D eigenvalue weighted by atomic mass is 10.0. The first-order valence-corrected chi connectivity index (χ1v) is 8.48. The third kappa shape index (κ3) is 3.30. The Bertz CT molecular complexity index is 652. The standard InChI is InChI=1S/C14H18N2O4S/c1-4-12-14(15-16(2)13(9-17)20-12)10-5-7-11(8-6-10)21(3,18)19/h5-9,12-13H,4H2,1-3H3. The number of carbonyl (C=O) groups is 1. The summed E-state index contributed by atoms with van der Waals surface area (Å²) in [6.45, 7) is 1.94. The van der Waals surface area contributed by atoms with Gasteiger partial charge in [0.15, 0.2) is 16.1 Å². The van der Waals surface area contributed by atoms with Crippen molar-refractivity contribution in [1.29, 1.82) is 0 Å². The molecule has 2 rings (SSSR count). The Labute approximate surface area is 124 Å². The van der Waals surface area contributed by atoms with E-state index in [0.29, 0.717) is 18.4 Å². The fourth-order valence-electron chi connectivity index (χ4n) is 2.14. The molecular weight excluding hydrogens is 292 g/mol.